The number of aryl methyl sites for hydroxylation is 1. The molecule has 1 amide bonds. The van der Waals surface area contributed by atoms with E-state index in [1.165, 1.54) is 58.6 Å². The van der Waals surface area contributed by atoms with Crippen molar-refractivity contribution in [2.75, 3.05) is 45.1 Å². The summed E-state index contributed by atoms with van der Waals surface area (Å²) in [6.07, 6.45) is 0. The Hall–Kier alpha value is -4.86. The van der Waals surface area contributed by atoms with Crippen LogP contribution in [-0.4, -0.2) is 70.3 Å². The molecule has 6 rings (SSSR count). The molecule has 3 N–H and O–H groups in total. The highest BCUT2D eigenvalue weighted by molar-refractivity contribution is 6.04. The maximum atomic E-state index is 13.3. The summed E-state index contributed by atoms with van der Waals surface area (Å²) >= 11 is 0. The highest BCUT2D eigenvalue weighted by Crippen LogP contribution is 2.40. The average molecular weight is 637 g/mol. The van der Waals surface area contributed by atoms with Crippen molar-refractivity contribution in [3.63, 3.8) is 0 Å². The van der Waals surface area contributed by atoms with E-state index in [4.69, 9.17) is 4.74 Å². The molecule has 1 aromatic heterocycles. The molecule has 8 nitrogen and oxygen atoms in total. The molecule has 0 spiro atoms. The van der Waals surface area contributed by atoms with E-state index in [1.54, 1.807) is 24.3 Å². The number of hydrogen-bond acceptors (Lipinski definition) is 6. The third-order valence-electron chi connectivity index (χ3n) is 9.11. The zero-order valence-electron chi connectivity index (χ0n) is 27.3. The van der Waals surface area contributed by atoms with Crippen LogP contribution in [0.1, 0.15) is 28.5 Å². The van der Waals surface area contributed by atoms with Crippen molar-refractivity contribution in [1.29, 1.82) is 0 Å². The molecule has 1 aliphatic heterocycles. The van der Waals surface area contributed by atoms with Gasteiger partial charge in [0.2, 0.25) is 0 Å². The first kappa shape index (κ1) is 32.1. The van der Waals surface area contributed by atoms with E-state index >= 15 is 0 Å². The predicted octanol–water partition coefficient (Wildman–Crippen LogP) is 7.40. The van der Waals surface area contributed by atoms with Crippen LogP contribution in [-0.2, 0) is 6.54 Å². The van der Waals surface area contributed by atoms with Gasteiger partial charge in [-0.2, -0.15) is 0 Å². The first-order valence-electron chi connectivity index (χ1n) is 16.0. The van der Waals surface area contributed by atoms with Crippen LogP contribution in [0.15, 0.2) is 78.9 Å². The number of rotatable bonds is 9. The van der Waals surface area contributed by atoms with Gasteiger partial charge in [0.15, 0.2) is 0 Å². The number of likely N-dealkylation sites (N-methyl/N-ethyl adjacent to an activating group) is 1. The summed E-state index contributed by atoms with van der Waals surface area (Å²) in [6.45, 7) is 13.2. The second kappa shape index (κ2) is 13.5. The number of carbonyl (C=O) groups is 1. The number of carbonyl (C=O) groups excluding carboxylic acids is 1. The number of halogens is 1. The molecular weight excluding hydrogens is 595 g/mol. The van der Waals surface area contributed by atoms with Crippen LogP contribution in [0, 0.1) is 25.6 Å². The lowest BCUT2D eigenvalue weighted by Gasteiger charge is -2.34. The van der Waals surface area contributed by atoms with Gasteiger partial charge in [0.1, 0.15) is 28.8 Å². The third kappa shape index (κ3) is 7.11. The lowest BCUT2D eigenvalue weighted by Crippen LogP contribution is -2.46. The van der Waals surface area contributed by atoms with Crippen molar-refractivity contribution >= 4 is 22.5 Å². The molecule has 0 radical (unpaired) electrons. The minimum Gasteiger partial charge on any atom is -0.507 e. The number of hydrogen-bond donors (Lipinski definition) is 3. The normalized spacial score (nSPS) is 14.7. The first-order valence-corrected chi connectivity index (χ1v) is 16.0. The van der Waals surface area contributed by atoms with Crippen molar-refractivity contribution in [3.05, 3.63) is 102 Å². The molecule has 2 heterocycles. The summed E-state index contributed by atoms with van der Waals surface area (Å²) in [7, 11) is 2.19. The molecule has 1 saturated heterocycles. The molecule has 0 aliphatic carbocycles. The standard InChI is InChI=1S/C38H41FN4O4/c1-24(22-42-17-15-41(4)16-18-42)23-43-26(3)25(2)33-21-32(13-14-34(33)43)47-31-11-7-28(8-12-31)38(46)40-30-19-35(44)37(36(45)20-30)27-5-9-29(39)10-6-27/h5-14,19-21,24,44-45H,15-18,22-23H2,1-4H3,(H,40,46). The first-order chi connectivity index (χ1) is 22.5. The van der Waals surface area contributed by atoms with Gasteiger partial charge in [0.25, 0.3) is 5.91 Å². The quantitative estimate of drug-likeness (QED) is 0.156. The van der Waals surface area contributed by atoms with Crippen molar-refractivity contribution in [3.8, 4) is 34.1 Å². The van der Waals surface area contributed by atoms with Crippen LogP contribution in [0.2, 0.25) is 0 Å². The van der Waals surface area contributed by atoms with E-state index in [2.05, 4.69) is 59.6 Å². The Morgan fingerprint density at radius 2 is 1.51 bits per heavy atom. The van der Waals surface area contributed by atoms with Gasteiger partial charge < -0.3 is 34.6 Å². The molecule has 0 bridgehead atoms. The van der Waals surface area contributed by atoms with Crippen molar-refractivity contribution in [2.24, 2.45) is 5.92 Å². The second-order valence-corrected chi connectivity index (χ2v) is 12.7. The lowest BCUT2D eigenvalue weighted by molar-refractivity contribution is 0.102. The molecule has 47 heavy (non-hydrogen) atoms. The molecule has 1 fully saturated rings. The lowest BCUT2D eigenvalue weighted by atomic mass is 10.0. The molecule has 0 saturated carbocycles. The van der Waals surface area contributed by atoms with E-state index in [0.717, 1.165) is 39.3 Å². The van der Waals surface area contributed by atoms with Crippen molar-refractivity contribution in [1.82, 2.24) is 14.4 Å². The van der Waals surface area contributed by atoms with E-state index < -0.39 is 11.7 Å². The number of anilines is 1. The van der Waals surface area contributed by atoms with Gasteiger partial charge in [-0.05, 0) is 92.5 Å². The zero-order valence-corrected chi connectivity index (χ0v) is 27.3. The summed E-state index contributed by atoms with van der Waals surface area (Å²) in [5, 5.41) is 24.9. The maximum Gasteiger partial charge on any atom is 0.255 e. The number of aromatic nitrogens is 1. The smallest absolute Gasteiger partial charge is 0.255 e. The van der Waals surface area contributed by atoms with Crippen LogP contribution in [0.3, 0.4) is 0 Å². The topological polar surface area (TPSA) is 90.2 Å². The second-order valence-electron chi connectivity index (χ2n) is 12.7. The minimum atomic E-state index is -0.424. The van der Waals surface area contributed by atoms with Gasteiger partial charge in [-0.15, -0.1) is 0 Å². The maximum absolute atomic E-state index is 13.3. The Kier molecular flexibility index (Phi) is 9.20. The molecule has 4 aromatic carbocycles. The van der Waals surface area contributed by atoms with Gasteiger partial charge in [0, 0.05) is 79.2 Å². The van der Waals surface area contributed by atoms with Crippen LogP contribution in [0.4, 0.5) is 10.1 Å². The fourth-order valence-electron chi connectivity index (χ4n) is 6.38. The SMILES string of the molecule is Cc1c(C)n(CC(C)CN2CCN(C)CC2)c2ccc(Oc3ccc(C(=O)Nc4cc(O)c(-c5ccc(F)cc5)c(O)c4)cc3)cc12. The fourth-order valence-corrected chi connectivity index (χ4v) is 6.38. The van der Waals surface area contributed by atoms with E-state index in [-0.39, 0.29) is 22.7 Å². The molecule has 244 valence electrons. The summed E-state index contributed by atoms with van der Waals surface area (Å²) in [5.74, 6) is 0.507. The van der Waals surface area contributed by atoms with E-state index in [0.29, 0.717) is 28.5 Å². The number of phenolic OH excluding ortho intramolecular Hbond substituents is 2. The molecule has 9 heteroatoms. The summed E-state index contributed by atoms with van der Waals surface area (Å²) in [5.41, 5.74) is 4.91. The Labute approximate surface area is 274 Å². The van der Waals surface area contributed by atoms with Gasteiger partial charge >= 0.3 is 0 Å². The van der Waals surface area contributed by atoms with Gasteiger partial charge in [0.05, 0.1) is 5.56 Å². The third-order valence-corrected chi connectivity index (χ3v) is 9.11. The van der Waals surface area contributed by atoms with E-state index in [1.807, 2.05) is 6.07 Å². The molecule has 1 unspecified atom stereocenters. The average Bonchev–Trinajstić information content (AvgIpc) is 3.27. The van der Waals surface area contributed by atoms with Crippen LogP contribution in [0.5, 0.6) is 23.0 Å². The fraction of sp³-hybridized carbons (Fsp3) is 0.289. The Balaban J connectivity index is 1.10. The molecule has 1 atom stereocenters. The van der Waals surface area contributed by atoms with Gasteiger partial charge in [-0.3, -0.25) is 4.79 Å². The predicted molar refractivity (Wildman–Crippen MR) is 184 cm³/mol. The highest BCUT2D eigenvalue weighted by Gasteiger charge is 2.19. The van der Waals surface area contributed by atoms with Crippen LogP contribution in [0.25, 0.3) is 22.0 Å². The Bertz CT molecular complexity index is 1870. The number of amides is 1. The van der Waals surface area contributed by atoms with Crippen molar-refractivity contribution in [2.45, 2.75) is 27.3 Å². The number of phenols is 2. The number of ether oxygens (including phenoxy) is 1. The molecule has 5 aromatic rings. The number of nitrogens with zero attached hydrogens (tertiary/aromatic N) is 3. The summed E-state index contributed by atoms with van der Waals surface area (Å²) in [4.78, 5) is 17.9. The number of piperazine rings is 1. The number of fused-ring (bicyclic) bond motifs is 1. The molecular formula is C38H41FN4O4. The van der Waals surface area contributed by atoms with Crippen molar-refractivity contribution < 1.29 is 24.1 Å². The highest BCUT2D eigenvalue weighted by atomic mass is 19.1. The number of nitrogens with one attached hydrogen (secondary N) is 1. The number of aromatic hydroxyl groups is 2. The molecule has 1 aliphatic rings. The summed E-state index contributed by atoms with van der Waals surface area (Å²) in [6, 6.07) is 21.0. The Morgan fingerprint density at radius 1 is 0.872 bits per heavy atom. The van der Waals surface area contributed by atoms with Crippen LogP contribution < -0.4 is 10.1 Å². The number of benzene rings is 4. The van der Waals surface area contributed by atoms with Crippen LogP contribution >= 0.6 is 0 Å². The monoisotopic (exact) mass is 636 g/mol. The van der Waals surface area contributed by atoms with E-state index in [9.17, 15) is 19.4 Å². The van der Waals surface area contributed by atoms with Gasteiger partial charge in [-0.1, -0.05) is 19.1 Å². The minimum absolute atomic E-state index is 0.153. The zero-order chi connectivity index (χ0) is 33.2. The largest absolute Gasteiger partial charge is 0.507 e. The Morgan fingerprint density at radius 3 is 2.17 bits per heavy atom. The summed E-state index contributed by atoms with van der Waals surface area (Å²) < 4.78 is 21.9. The van der Waals surface area contributed by atoms with Gasteiger partial charge in [-0.25, -0.2) is 4.39 Å².